The maximum Gasteiger partial charge on any atom is 0.254 e. The van der Waals surface area contributed by atoms with Crippen LogP contribution in [0.2, 0.25) is 0 Å². The fourth-order valence-electron chi connectivity index (χ4n) is 7.07. The summed E-state index contributed by atoms with van der Waals surface area (Å²) < 4.78 is 5.44. The zero-order valence-electron chi connectivity index (χ0n) is 27.0. The zero-order chi connectivity index (χ0) is 32.0. The summed E-state index contributed by atoms with van der Waals surface area (Å²) in [7, 11) is 3.29. The first kappa shape index (κ1) is 31.5. The third kappa shape index (κ3) is 7.02. The molecule has 1 aromatic heterocycles. The number of aryl methyl sites for hydroxylation is 1. The van der Waals surface area contributed by atoms with E-state index in [-0.39, 0.29) is 23.5 Å². The number of benzene rings is 3. The quantitative estimate of drug-likeness (QED) is 0.264. The number of fused-ring (bicyclic) bond motifs is 2. The van der Waals surface area contributed by atoms with Crippen LogP contribution >= 0.6 is 0 Å². The molecule has 2 aliphatic rings. The molecule has 1 atom stereocenters. The average Bonchev–Trinajstić information content (AvgIpc) is 3.31. The highest BCUT2D eigenvalue weighted by Crippen LogP contribution is 2.34. The molecule has 2 heterocycles. The predicted octanol–water partition coefficient (Wildman–Crippen LogP) is 6.24. The monoisotopic (exact) mass is 620 g/mol. The summed E-state index contributed by atoms with van der Waals surface area (Å²) in [4.78, 5) is 39.0. The summed E-state index contributed by atoms with van der Waals surface area (Å²) in [5.74, 6) is 0.929. The van der Waals surface area contributed by atoms with Gasteiger partial charge in [-0.2, -0.15) is 0 Å². The number of aromatic hydroxyl groups is 1. The van der Waals surface area contributed by atoms with E-state index in [4.69, 9.17) is 9.72 Å². The molecule has 6 rings (SSSR count). The number of carbonyl (C=O) groups excluding carboxylic acids is 2. The summed E-state index contributed by atoms with van der Waals surface area (Å²) in [6, 6.07) is 23.4. The number of hydrogen-bond donors (Lipinski definition) is 1. The molecular formula is C38H44N4O4. The Morgan fingerprint density at radius 1 is 0.935 bits per heavy atom. The number of nitrogens with zero attached hydrogens (tertiary/aromatic N) is 4. The van der Waals surface area contributed by atoms with E-state index in [0.717, 1.165) is 92.4 Å². The van der Waals surface area contributed by atoms with E-state index in [2.05, 4.69) is 34.1 Å². The van der Waals surface area contributed by atoms with Crippen LogP contribution in [0, 0.1) is 5.92 Å². The van der Waals surface area contributed by atoms with Gasteiger partial charge in [-0.25, -0.2) is 0 Å². The van der Waals surface area contributed by atoms with Crippen LogP contribution in [-0.4, -0.2) is 72.0 Å². The van der Waals surface area contributed by atoms with Crippen molar-refractivity contribution in [2.75, 3.05) is 45.2 Å². The number of pyridine rings is 1. The van der Waals surface area contributed by atoms with Gasteiger partial charge in [-0.05, 0) is 73.8 Å². The summed E-state index contributed by atoms with van der Waals surface area (Å²) in [5, 5.41) is 11.0. The lowest BCUT2D eigenvalue weighted by molar-refractivity contribution is -0.119. The van der Waals surface area contributed by atoms with Crippen molar-refractivity contribution in [1.29, 1.82) is 0 Å². The van der Waals surface area contributed by atoms with E-state index < -0.39 is 0 Å². The van der Waals surface area contributed by atoms with Crippen LogP contribution in [0.1, 0.15) is 59.3 Å². The lowest BCUT2D eigenvalue weighted by Crippen LogP contribution is -2.36. The van der Waals surface area contributed by atoms with Crippen LogP contribution < -0.4 is 9.64 Å². The fraction of sp³-hybridized carbons (Fsp3) is 0.395. The number of ether oxygens (including phenoxy) is 1. The first-order chi connectivity index (χ1) is 22.4. The number of anilines is 1. The molecule has 240 valence electrons. The molecule has 1 fully saturated rings. The van der Waals surface area contributed by atoms with E-state index in [1.807, 2.05) is 30.3 Å². The number of para-hydroxylation sites is 1. The molecule has 4 aromatic rings. The standard InChI is InChI=1S/C38H44N4O4/c1-40(34-25-29(43)17-19-35(34)46-2)36(44)24-27-12-8-14-31-33(18-16-27)39-32-15-7-6-13-30(32)37(31)38(45)42-21-9-20-41(22-23-42)26-28-10-4-3-5-11-28/h3-7,10-11,13,15,17,19,25,27,43H,8-9,12,14,16,18,20-24,26H2,1-2H3. The second kappa shape index (κ2) is 14.3. The van der Waals surface area contributed by atoms with Crippen LogP contribution in [-0.2, 0) is 24.2 Å². The Morgan fingerprint density at radius 2 is 1.74 bits per heavy atom. The average molecular weight is 621 g/mol. The van der Waals surface area contributed by atoms with E-state index in [1.165, 1.54) is 5.56 Å². The first-order valence-corrected chi connectivity index (χ1v) is 16.5. The summed E-state index contributed by atoms with van der Waals surface area (Å²) in [6.45, 7) is 4.18. The van der Waals surface area contributed by atoms with Crippen LogP contribution in [0.25, 0.3) is 10.9 Å². The Kier molecular flexibility index (Phi) is 9.83. The number of phenolic OH excluding ortho intramolecular Hbond substituents is 1. The molecule has 46 heavy (non-hydrogen) atoms. The maximum absolute atomic E-state index is 14.4. The van der Waals surface area contributed by atoms with Gasteiger partial charge in [0.25, 0.3) is 5.91 Å². The van der Waals surface area contributed by atoms with Crippen molar-refractivity contribution in [2.45, 2.75) is 51.5 Å². The lowest BCUT2D eigenvalue weighted by Gasteiger charge is -2.27. The van der Waals surface area contributed by atoms with E-state index >= 15 is 0 Å². The van der Waals surface area contributed by atoms with Crippen molar-refractivity contribution >= 4 is 28.4 Å². The second-order valence-corrected chi connectivity index (χ2v) is 12.6. The molecule has 0 spiro atoms. The highest BCUT2D eigenvalue weighted by atomic mass is 16.5. The number of methoxy groups -OCH3 is 1. The van der Waals surface area contributed by atoms with Gasteiger partial charge in [0.2, 0.25) is 5.91 Å². The molecule has 1 unspecified atom stereocenters. The predicted molar refractivity (Wildman–Crippen MR) is 181 cm³/mol. The highest BCUT2D eigenvalue weighted by molar-refractivity contribution is 6.07. The maximum atomic E-state index is 14.4. The van der Waals surface area contributed by atoms with Gasteiger partial charge in [0.15, 0.2) is 0 Å². The summed E-state index contributed by atoms with van der Waals surface area (Å²) in [5.41, 5.74) is 5.60. The highest BCUT2D eigenvalue weighted by Gasteiger charge is 2.29. The minimum atomic E-state index is -0.0143. The number of rotatable bonds is 7. The molecule has 0 radical (unpaired) electrons. The number of carbonyl (C=O) groups is 2. The van der Waals surface area contributed by atoms with E-state index in [9.17, 15) is 14.7 Å². The lowest BCUT2D eigenvalue weighted by atomic mass is 9.84. The van der Waals surface area contributed by atoms with Crippen LogP contribution in [0.3, 0.4) is 0 Å². The molecule has 1 N–H and O–H groups in total. The number of hydrogen-bond acceptors (Lipinski definition) is 6. The van der Waals surface area contributed by atoms with Crippen molar-refractivity contribution in [2.24, 2.45) is 5.92 Å². The van der Waals surface area contributed by atoms with Gasteiger partial charge in [-0.1, -0.05) is 48.5 Å². The summed E-state index contributed by atoms with van der Waals surface area (Å²) >= 11 is 0. The minimum Gasteiger partial charge on any atom is -0.508 e. The molecular weight excluding hydrogens is 576 g/mol. The number of aromatic nitrogens is 1. The molecule has 0 bridgehead atoms. The van der Waals surface area contributed by atoms with Gasteiger partial charge < -0.3 is 19.6 Å². The van der Waals surface area contributed by atoms with Crippen molar-refractivity contribution < 1.29 is 19.4 Å². The molecule has 2 amide bonds. The molecule has 3 aromatic carbocycles. The molecule has 0 saturated carbocycles. The van der Waals surface area contributed by atoms with Crippen molar-refractivity contribution in [3.05, 3.63) is 95.2 Å². The smallest absolute Gasteiger partial charge is 0.254 e. The number of phenols is 1. The molecule has 8 heteroatoms. The normalized spacial score (nSPS) is 17.4. The molecule has 1 aliphatic heterocycles. The third-order valence-electron chi connectivity index (χ3n) is 9.61. The van der Waals surface area contributed by atoms with Gasteiger partial charge in [0.1, 0.15) is 11.5 Å². The van der Waals surface area contributed by atoms with Gasteiger partial charge >= 0.3 is 0 Å². The third-order valence-corrected chi connectivity index (χ3v) is 9.61. The molecule has 1 aliphatic carbocycles. The van der Waals surface area contributed by atoms with Crippen molar-refractivity contribution in [3.63, 3.8) is 0 Å². The van der Waals surface area contributed by atoms with Crippen LogP contribution in [0.15, 0.2) is 72.8 Å². The van der Waals surface area contributed by atoms with Crippen molar-refractivity contribution in [1.82, 2.24) is 14.8 Å². The van der Waals surface area contributed by atoms with Gasteiger partial charge in [0, 0.05) is 63.3 Å². The van der Waals surface area contributed by atoms with Gasteiger partial charge in [0.05, 0.1) is 23.9 Å². The van der Waals surface area contributed by atoms with Crippen LogP contribution in [0.5, 0.6) is 11.5 Å². The fourth-order valence-corrected chi connectivity index (χ4v) is 7.07. The van der Waals surface area contributed by atoms with E-state index in [0.29, 0.717) is 24.4 Å². The van der Waals surface area contributed by atoms with E-state index in [1.54, 1.807) is 37.3 Å². The molecule has 1 saturated heterocycles. The second-order valence-electron chi connectivity index (χ2n) is 12.6. The number of amides is 2. The zero-order valence-corrected chi connectivity index (χ0v) is 27.0. The Hall–Kier alpha value is -4.43. The van der Waals surface area contributed by atoms with Crippen LogP contribution in [0.4, 0.5) is 5.69 Å². The Balaban J connectivity index is 1.19. The minimum absolute atomic E-state index is 0.0143. The van der Waals surface area contributed by atoms with Gasteiger partial charge in [-0.3, -0.25) is 19.5 Å². The topological polar surface area (TPSA) is 86.2 Å². The first-order valence-electron chi connectivity index (χ1n) is 16.5. The van der Waals surface area contributed by atoms with Crippen molar-refractivity contribution in [3.8, 4) is 11.5 Å². The Bertz CT molecular complexity index is 1690. The molecule has 8 nitrogen and oxygen atoms in total. The van der Waals surface area contributed by atoms with Gasteiger partial charge in [-0.15, -0.1) is 0 Å². The Labute approximate surface area is 271 Å². The Morgan fingerprint density at radius 3 is 2.57 bits per heavy atom. The summed E-state index contributed by atoms with van der Waals surface area (Å²) in [6.07, 6.45) is 5.44. The largest absolute Gasteiger partial charge is 0.508 e. The SMILES string of the molecule is COc1ccc(O)cc1N(C)C(=O)CC1CCCc2c(nc3ccccc3c2C(=O)N2CCCN(Cc3ccccc3)CC2)CC1.